The molecule has 0 spiro atoms. The van der Waals surface area contributed by atoms with Gasteiger partial charge < -0.3 is 5.32 Å². The molecule has 0 saturated carbocycles. The van der Waals surface area contributed by atoms with Crippen LogP contribution in [0.3, 0.4) is 0 Å². The zero-order valence-electron chi connectivity index (χ0n) is 14.3. The number of hydrogen-bond donors (Lipinski definition) is 1. The summed E-state index contributed by atoms with van der Waals surface area (Å²) in [7, 11) is 0. The molecule has 0 bridgehead atoms. The van der Waals surface area contributed by atoms with Gasteiger partial charge in [-0.05, 0) is 17.7 Å². The highest BCUT2D eigenvalue weighted by Crippen LogP contribution is 2.28. The lowest BCUT2D eigenvalue weighted by Crippen LogP contribution is -2.27. The monoisotopic (exact) mass is 419 g/mol. The van der Waals surface area contributed by atoms with Gasteiger partial charge in [0, 0.05) is 30.2 Å². The Bertz CT molecular complexity index is 913. The van der Waals surface area contributed by atoms with E-state index in [0.717, 1.165) is 21.2 Å². The van der Waals surface area contributed by atoms with Crippen molar-refractivity contribution in [2.24, 2.45) is 0 Å². The Morgan fingerprint density at radius 2 is 2.07 bits per heavy atom. The van der Waals surface area contributed by atoms with E-state index in [1.807, 2.05) is 24.3 Å². The van der Waals surface area contributed by atoms with Crippen molar-refractivity contribution in [1.82, 2.24) is 10.3 Å². The zero-order chi connectivity index (χ0) is 19.1. The molecule has 2 aromatic carbocycles. The van der Waals surface area contributed by atoms with Gasteiger partial charge in [0.2, 0.25) is 5.91 Å². The lowest BCUT2D eigenvalue weighted by Gasteiger charge is -2.04. The summed E-state index contributed by atoms with van der Waals surface area (Å²) in [4.78, 5) is 26.8. The number of fused-ring (bicyclic) bond motifs is 1. The number of hydrogen-bond acceptors (Lipinski definition) is 7. The maximum absolute atomic E-state index is 11.9. The Labute approximate surface area is 168 Å². The molecule has 0 aliphatic heterocycles. The highest BCUT2D eigenvalue weighted by atomic mass is 32.2. The first-order chi connectivity index (χ1) is 13.1. The molecule has 0 atom stereocenters. The van der Waals surface area contributed by atoms with Gasteiger partial charge in [0.1, 0.15) is 0 Å². The smallest absolute Gasteiger partial charge is 0.269 e. The fourth-order valence-corrected chi connectivity index (χ4v) is 5.11. The van der Waals surface area contributed by atoms with E-state index in [0.29, 0.717) is 18.1 Å². The number of non-ortho nitro benzene ring substituents is 1. The maximum atomic E-state index is 11.9. The fourth-order valence-electron chi connectivity index (χ4n) is 2.31. The van der Waals surface area contributed by atoms with Crippen molar-refractivity contribution in [3.05, 3.63) is 64.2 Å². The minimum absolute atomic E-state index is 0.0321. The number of para-hydroxylation sites is 1. The number of benzene rings is 2. The van der Waals surface area contributed by atoms with Gasteiger partial charge in [0.15, 0.2) is 4.34 Å². The number of carbonyl (C=O) groups excluding carboxylic acids is 1. The predicted molar refractivity (Wildman–Crippen MR) is 113 cm³/mol. The Balaban J connectivity index is 1.34. The number of thiazole rings is 1. The number of amides is 1. The van der Waals surface area contributed by atoms with E-state index in [-0.39, 0.29) is 11.6 Å². The Hall–Kier alpha value is -2.10. The normalized spacial score (nSPS) is 10.8. The van der Waals surface area contributed by atoms with E-state index in [2.05, 4.69) is 16.4 Å². The summed E-state index contributed by atoms with van der Waals surface area (Å²) in [6.07, 6.45) is 0. The van der Waals surface area contributed by atoms with Crippen molar-refractivity contribution in [1.29, 1.82) is 0 Å². The second-order valence-corrected chi connectivity index (χ2v) is 8.92. The van der Waals surface area contributed by atoms with Gasteiger partial charge >= 0.3 is 0 Å². The Kier molecular flexibility index (Phi) is 7.08. The van der Waals surface area contributed by atoms with Crippen LogP contribution in [0.15, 0.2) is 52.9 Å². The molecular weight excluding hydrogens is 402 g/mol. The standard InChI is InChI=1S/C18H17N3O3S3/c22-17(12-25-11-13-4-3-5-14(10-13)21(23)24)19-8-9-26-18-20-15-6-1-2-7-16(15)27-18/h1-7,10H,8-9,11-12H2,(H,19,22). The topological polar surface area (TPSA) is 85.1 Å². The number of nitrogens with zero attached hydrogens (tertiary/aromatic N) is 2. The van der Waals surface area contributed by atoms with E-state index in [4.69, 9.17) is 0 Å². The first kappa shape index (κ1) is 19.7. The summed E-state index contributed by atoms with van der Waals surface area (Å²) in [6, 6.07) is 14.5. The van der Waals surface area contributed by atoms with Crippen LogP contribution in [0.4, 0.5) is 5.69 Å². The van der Waals surface area contributed by atoms with Gasteiger partial charge in [0.25, 0.3) is 5.69 Å². The summed E-state index contributed by atoms with van der Waals surface area (Å²) in [6.45, 7) is 0.580. The molecular formula is C18H17N3O3S3. The molecule has 0 radical (unpaired) electrons. The van der Waals surface area contributed by atoms with Gasteiger partial charge in [0.05, 0.1) is 20.9 Å². The molecule has 1 amide bonds. The van der Waals surface area contributed by atoms with Gasteiger partial charge in [-0.15, -0.1) is 23.1 Å². The summed E-state index contributed by atoms with van der Waals surface area (Å²) >= 11 is 4.73. The maximum Gasteiger partial charge on any atom is 0.269 e. The number of nitro groups is 1. The van der Waals surface area contributed by atoms with Crippen LogP contribution in [-0.4, -0.2) is 33.9 Å². The largest absolute Gasteiger partial charge is 0.355 e. The number of nitrogens with one attached hydrogen (secondary N) is 1. The molecule has 1 heterocycles. The summed E-state index contributed by atoms with van der Waals surface area (Å²) < 4.78 is 2.17. The van der Waals surface area contributed by atoms with Crippen LogP contribution >= 0.6 is 34.9 Å². The number of thioether (sulfide) groups is 2. The fraction of sp³-hybridized carbons (Fsp3) is 0.222. The van der Waals surface area contributed by atoms with E-state index in [9.17, 15) is 14.9 Å². The van der Waals surface area contributed by atoms with Crippen LogP contribution in [-0.2, 0) is 10.5 Å². The second kappa shape index (κ2) is 9.72. The van der Waals surface area contributed by atoms with Crippen LogP contribution in [0.1, 0.15) is 5.56 Å². The molecule has 27 heavy (non-hydrogen) atoms. The molecule has 140 valence electrons. The van der Waals surface area contributed by atoms with Crippen LogP contribution in [0.25, 0.3) is 10.2 Å². The lowest BCUT2D eigenvalue weighted by atomic mass is 10.2. The summed E-state index contributed by atoms with van der Waals surface area (Å²) in [5.74, 6) is 1.63. The molecule has 0 aliphatic rings. The first-order valence-corrected chi connectivity index (χ1v) is 11.1. The third-order valence-electron chi connectivity index (χ3n) is 3.55. The molecule has 0 aliphatic carbocycles. The SMILES string of the molecule is O=C(CSCc1cccc([N+](=O)[O-])c1)NCCSc1nc2ccccc2s1. The first-order valence-electron chi connectivity index (χ1n) is 8.18. The summed E-state index contributed by atoms with van der Waals surface area (Å²) in [5.41, 5.74) is 1.92. The van der Waals surface area contributed by atoms with Crippen molar-refractivity contribution in [3.8, 4) is 0 Å². The number of aromatic nitrogens is 1. The van der Waals surface area contributed by atoms with E-state index in [1.54, 1.807) is 35.2 Å². The Morgan fingerprint density at radius 3 is 2.89 bits per heavy atom. The lowest BCUT2D eigenvalue weighted by molar-refractivity contribution is -0.384. The highest BCUT2D eigenvalue weighted by molar-refractivity contribution is 8.01. The number of nitro benzene ring substituents is 1. The van der Waals surface area contributed by atoms with Crippen LogP contribution in [0.5, 0.6) is 0 Å². The van der Waals surface area contributed by atoms with Crippen LogP contribution in [0, 0.1) is 10.1 Å². The third kappa shape index (κ3) is 5.95. The number of carbonyl (C=O) groups is 1. The zero-order valence-corrected chi connectivity index (χ0v) is 16.7. The quantitative estimate of drug-likeness (QED) is 0.240. The van der Waals surface area contributed by atoms with Gasteiger partial charge in [-0.1, -0.05) is 36.0 Å². The molecule has 0 fully saturated rings. The van der Waals surface area contributed by atoms with Crippen LogP contribution in [0.2, 0.25) is 0 Å². The predicted octanol–water partition coefficient (Wildman–Crippen LogP) is 4.35. The highest BCUT2D eigenvalue weighted by Gasteiger charge is 2.07. The van der Waals surface area contributed by atoms with Crippen molar-refractivity contribution in [2.75, 3.05) is 18.1 Å². The number of rotatable bonds is 9. The van der Waals surface area contributed by atoms with Crippen molar-refractivity contribution in [2.45, 2.75) is 10.1 Å². The van der Waals surface area contributed by atoms with Crippen molar-refractivity contribution >= 4 is 56.7 Å². The van der Waals surface area contributed by atoms with E-state index < -0.39 is 4.92 Å². The van der Waals surface area contributed by atoms with E-state index >= 15 is 0 Å². The van der Waals surface area contributed by atoms with Gasteiger partial charge in [-0.2, -0.15) is 0 Å². The Morgan fingerprint density at radius 1 is 1.22 bits per heavy atom. The van der Waals surface area contributed by atoms with E-state index in [1.165, 1.54) is 22.5 Å². The molecule has 3 aromatic rings. The molecule has 3 rings (SSSR count). The third-order valence-corrected chi connectivity index (χ3v) is 6.73. The minimum Gasteiger partial charge on any atom is -0.355 e. The minimum atomic E-state index is -0.413. The molecule has 1 aromatic heterocycles. The van der Waals surface area contributed by atoms with Gasteiger partial charge in [-0.25, -0.2) is 4.98 Å². The average Bonchev–Trinajstić information content (AvgIpc) is 3.08. The molecule has 1 N–H and O–H groups in total. The van der Waals surface area contributed by atoms with Crippen LogP contribution < -0.4 is 5.32 Å². The molecule has 6 nitrogen and oxygen atoms in total. The van der Waals surface area contributed by atoms with Crippen molar-refractivity contribution in [3.63, 3.8) is 0 Å². The van der Waals surface area contributed by atoms with Gasteiger partial charge in [-0.3, -0.25) is 14.9 Å². The molecule has 0 saturated heterocycles. The second-order valence-electron chi connectivity index (χ2n) is 5.57. The average molecular weight is 420 g/mol. The van der Waals surface area contributed by atoms with Crippen molar-refractivity contribution < 1.29 is 9.72 Å². The molecule has 9 heteroatoms. The summed E-state index contributed by atoms with van der Waals surface area (Å²) in [5, 5.41) is 13.7. The molecule has 0 unspecified atom stereocenters.